The first-order valence-electron chi connectivity index (χ1n) is 8.34. The normalized spacial score (nSPS) is 19.2. The number of aryl methyl sites for hydroxylation is 3. The summed E-state index contributed by atoms with van der Waals surface area (Å²) in [5.74, 6) is 0.560. The van der Waals surface area contributed by atoms with Crippen molar-refractivity contribution in [1.29, 1.82) is 0 Å². The molecule has 1 heterocycles. The maximum absolute atomic E-state index is 12.9. The molecule has 128 valence electrons. The highest BCUT2D eigenvalue weighted by Gasteiger charge is 2.51. The second kappa shape index (κ2) is 6.28. The molecule has 1 N–H and O–H groups in total. The molecule has 2 aliphatic rings. The van der Waals surface area contributed by atoms with Gasteiger partial charge in [-0.2, -0.15) is 0 Å². The van der Waals surface area contributed by atoms with Crippen molar-refractivity contribution in [2.75, 3.05) is 7.05 Å². The van der Waals surface area contributed by atoms with E-state index >= 15 is 0 Å². The number of hydrogen-bond acceptors (Lipinski definition) is 4. The Kier molecular flexibility index (Phi) is 4.47. The van der Waals surface area contributed by atoms with Gasteiger partial charge in [0.2, 0.25) is 5.12 Å². The number of amides is 1. The van der Waals surface area contributed by atoms with Gasteiger partial charge in [0.15, 0.2) is 0 Å². The second-order valence-corrected chi connectivity index (χ2v) is 8.06. The molecule has 0 unspecified atom stereocenters. The zero-order chi connectivity index (χ0) is 17.5. The van der Waals surface area contributed by atoms with Gasteiger partial charge in [0, 0.05) is 7.05 Å². The topological polar surface area (TPSA) is 55.4 Å². The number of alkyl carbamates (subject to hydrolysis) is 1. The number of benzene rings is 1. The van der Waals surface area contributed by atoms with E-state index in [-0.39, 0.29) is 9.86 Å². The molecule has 1 aromatic carbocycles. The van der Waals surface area contributed by atoms with Gasteiger partial charge in [-0.05, 0) is 50.3 Å². The highest BCUT2D eigenvalue weighted by molar-refractivity contribution is 8.16. The third-order valence-corrected chi connectivity index (χ3v) is 6.24. The Labute approximate surface area is 147 Å². The van der Waals surface area contributed by atoms with Crippen LogP contribution in [0, 0.1) is 20.8 Å². The summed E-state index contributed by atoms with van der Waals surface area (Å²) < 4.78 is 5.29. The van der Waals surface area contributed by atoms with Crippen molar-refractivity contribution in [2.45, 2.75) is 51.2 Å². The fraction of sp³-hybridized carbons (Fsp3) is 0.474. The number of rotatable bonds is 2. The molecular weight excluding hydrogens is 322 g/mol. The molecule has 1 amide bonds. The van der Waals surface area contributed by atoms with Crippen LogP contribution in [0.1, 0.15) is 47.9 Å². The van der Waals surface area contributed by atoms with Crippen LogP contribution in [-0.4, -0.2) is 23.0 Å². The third kappa shape index (κ3) is 2.75. The average Bonchev–Trinajstić information content (AvgIpc) is 3.06. The van der Waals surface area contributed by atoms with Gasteiger partial charge in [0.25, 0.3) is 0 Å². The van der Waals surface area contributed by atoms with Crippen molar-refractivity contribution >= 4 is 28.5 Å². The minimum Gasteiger partial charge on any atom is -0.413 e. The zero-order valence-electron chi connectivity index (χ0n) is 14.6. The van der Waals surface area contributed by atoms with E-state index in [2.05, 4.69) is 17.4 Å². The summed E-state index contributed by atoms with van der Waals surface area (Å²) in [7, 11) is 1.54. The van der Waals surface area contributed by atoms with E-state index in [0.29, 0.717) is 11.3 Å². The van der Waals surface area contributed by atoms with Crippen LogP contribution in [0.15, 0.2) is 17.9 Å². The van der Waals surface area contributed by atoms with Crippen LogP contribution >= 0.6 is 11.8 Å². The van der Waals surface area contributed by atoms with E-state index in [1.807, 2.05) is 20.8 Å². The maximum atomic E-state index is 12.9. The lowest BCUT2D eigenvalue weighted by Gasteiger charge is -2.24. The smallest absolute Gasteiger partial charge is 0.412 e. The van der Waals surface area contributed by atoms with Gasteiger partial charge < -0.3 is 10.1 Å². The first-order chi connectivity index (χ1) is 11.4. The highest BCUT2D eigenvalue weighted by Crippen LogP contribution is 2.56. The van der Waals surface area contributed by atoms with Crippen LogP contribution in [0.4, 0.5) is 4.79 Å². The summed E-state index contributed by atoms with van der Waals surface area (Å²) >= 11 is 1.34. The predicted molar refractivity (Wildman–Crippen MR) is 96.9 cm³/mol. The van der Waals surface area contributed by atoms with Gasteiger partial charge in [-0.3, -0.25) is 4.79 Å². The van der Waals surface area contributed by atoms with Crippen LogP contribution in [0.3, 0.4) is 0 Å². The van der Waals surface area contributed by atoms with Gasteiger partial charge in [0.1, 0.15) is 5.76 Å². The Morgan fingerprint density at radius 3 is 2.29 bits per heavy atom. The maximum Gasteiger partial charge on any atom is 0.412 e. The van der Waals surface area contributed by atoms with E-state index in [1.165, 1.54) is 18.8 Å². The lowest BCUT2D eigenvalue weighted by molar-refractivity contribution is -0.106. The summed E-state index contributed by atoms with van der Waals surface area (Å²) in [6.45, 7) is 6.07. The minimum atomic E-state index is -0.508. The van der Waals surface area contributed by atoms with Crippen LogP contribution in [0.5, 0.6) is 0 Å². The van der Waals surface area contributed by atoms with Crippen molar-refractivity contribution < 1.29 is 14.3 Å². The van der Waals surface area contributed by atoms with Gasteiger partial charge in [-0.1, -0.05) is 42.3 Å². The van der Waals surface area contributed by atoms with Crippen molar-refractivity contribution in [1.82, 2.24) is 5.32 Å². The molecule has 0 radical (unpaired) electrons. The Morgan fingerprint density at radius 1 is 1.17 bits per heavy atom. The van der Waals surface area contributed by atoms with Crippen molar-refractivity contribution in [3.63, 3.8) is 0 Å². The number of thioether (sulfide) groups is 1. The monoisotopic (exact) mass is 345 g/mol. The predicted octanol–water partition coefficient (Wildman–Crippen LogP) is 4.27. The molecular formula is C19H23NO3S. The fourth-order valence-electron chi connectivity index (χ4n) is 3.95. The molecule has 1 aromatic rings. The zero-order valence-corrected chi connectivity index (χ0v) is 15.4. The summed E-state index contributed by atoms with van der Waals surface area (Å²) in [4.78, 5) is 24.8. The molecule has 1 saturated carbocycles. The number of nitrogens with one attached hydrogen (secondary N) is 1. The van der Waals surface area contributed by atoms with E-state index < -0.39 is 6.09 Å². The lowest BCUT2D eigenvalue weighted by atomic mass is 9.90. The Morgan fingerprint density at radius 2 is 1.75 bits per heavy atom. The molecule has 24 heavy (non-hydrogen) atoms. The molecule has 1 fully saturated rings. The van der Waals surface area contributed by atoms with Gasteiger partial charge >= 0.3 is 6.09 Å². The van der Waals surface area contributed by atoms with Gasteiger partial charge in [0.05, 0.1) is 10.3 Å². The summed E-state index contributed by atoms with van der Waals surface area (Å²) in [5, 5.41) is 2.53. The standard InChI is InChI=1S/C19H23NO3S/c1-11-9-12(2)14(13(3)10-11)15-16(23-18(22)20-4)19(24-17(15)21)7-5-6-8-19/h9-10H,5-8H2,1-4H3,(H,20,22). The number of hydrogen-bond donors (Lipinski definition) is 1. The SMILES string of the molecule is CNC(=O)OC1=C(c2c(C)cc(C)cc2C)C(=O)SC12CCCC2. The van der Waals surface area contributed by atoms with Crippen LogP contribution in [0.25, 0.3) is 5.57 Å². The van der Waals surface area contributed by atoms with Crippen LogP contribution in [-0.2, 0) is 9.53 Å². The van der Waals surface area contributed by atoms with Gasteiger partial charge in [-0.25, -0.2) is 4.79 Å². The lowest BCUT2D eigenvalue weighted by Crippen LogP contribution is -2.28. The average molecular weight is 345 g/mol. The molecule has 1 spiro atoms. The third-order valence-electron chi connectivity index (χ3n) is 4.87. The summed E-state index contributed by atoms with van der Waals surface area (Å²) in [6, 6.07) is 4.15. The van der Waals surface area contributed by atoms with E-state index in [4.69, 9.17) is 4.74 Å². The van der Waals surface area contributed by atoms with E-state index in [9.17, 15) is 9.59 Å². The molecule has 1 aliphatic carbocycles. The molecule has 4 nitrogen and oxygen atoms in total. The number of carbonyl (C=O) groups excluding carboxylic acids is 2. The minimum absolute atomic E-state index is 0.0193. The highest BCUT2D eigenvalue weighted by atomic mass is 32.2. The molecule has 0 saturated heterocycles. The molecule has 3 rings (SSSR count). The van der Waals surface area contributed by atoms with Crippen molar-refractivity contribution in [2.24, 2.45) is 0 Å². The second-order valence-electron chi connectivity index (χ2n) is 6.71. The Hall–Kier alpha value is -1.75. The van der Waals surface area contributed by atoms with Crippen LogP contribution in [0.2, 0.25) is 0 Å². The van der Waals surface area contributed by atoms with Crippen LogP contribution < -0.4 is 5.32 Å². The first-order valence-corrected chi connectivity index (χ1v) is 9.15. The van der Waals surface area contributed by atoms with Crippen molar-refractivity contribution in [3.05, 3.63) is 40.1 Å². The molecule has 0 atom stereocenters. The largest absolute Gasteiger partial charge is 0.413 e. The molecule has 1 aliphatic heterocycles. The quantitative estimate of drug-likeness (QED) is 0.870. The first kappa shape index (κ1) is 17.1. The van der Waals surface area contributed by atoms with E-state index in [1.54, 1.807) is 0 Å². The fourth-order valence-corrected chi connectivity index (χ4v) is 5.33. The molecule has 5 heteroatoms. The van der Waals surface area contributed by atoms with E-state index in [0.717, 1.165) is 47.9 Å². The molecule has 0 aromatic heterocycles. The molecule has 0 bridgehead atoms. The van der Waals surface area contributed by atoms with Crippen molar-refractivity contribution in [3.8, 4) is 0 Å². The van der Waals surface area contributed by atoms with Gasteiger partial charge in [-0.15, -0.1) is 0 Å². The summed E-state index contributed by atoms with van der Waals surface area (Å²) in [6.07, 6.45) is 3.36. The Balaban J connectivity index is 2.21. The number of carbonyl (C=O) groups is 2. The summed E-state index contributed by atoms with van der Waals surface area (Å²) in [5.41, 5.74) is 4.76. The Bertz CT molecular complexity index is 722. The number of ether oxygens (including phenoxy) is 1.